The summed E-state index contributed by atoms with van der Waals surface area (Å²) in [6.45, 7) is 0. The van der Waals surface area contributed by atoms with Crippen LogP contribution in [-0.4, -0.2) is 24.3 Å². The Balaban J connectivity index is 2.18. The largest absolute Gasteiger partial charge is 0.494 e. The molecule has 5 nitrogen and oxygen atoms in total. The van der Waals surface area contributed by atoms with Crippen LogP contribution >= 0.6 is 0 Å². The number of aldehydes is 1. The van der Waals surface area contributed by atoms with E-state index in [1.165, 1.54) is 19.5 Å². The van der Waals surface area contributed by atoms with Crippen molar-refractivity contribution in [2.24, 2.45) is 0 Å². The van der Waals surface area contributed by atoms with Crippen LogP contribution < -0.4 is 10.1 Å². The number of anilines is 1. The van der Waals surface area contributed by atoms with E-state index in [1.54, 1.807) is 30.3 Å². The van der Waals surface area contributed by atoms with Gasteiger partial charge in [-0.15, -0.1) is 0 Å². The van der Waals surface area contributed by atoms with Crippen LogP contribution in [0.25, 0.3) is 0 Å². The number of nitrogens with one attached hydrogen (secondary N) is 1. The summed E-state index contributed by atoms with van der Waals surface area (Å²) in [5.41, 5.74) is 1.56. The highest BCUT2D eigenvalue weighted by Crippen LogP contribution is 2.18. The number of amides is 1. The molecule has 0 spiro atoms. The van der Waals surface area contributed by atoms with Gasteiger partial charge in [-0.25, -0.2) is 0 Å². The molecule has 1 aromatic carbocycles. The van der Waals surface area contributed by atoms with E-state index >= 15 is 0 Å². The molecule has 0 bridgehead atoms. The minimum absolute atomic E-state index is 0.293. The van der Waals surface area contributed by atoms with E-state index in [0.717, 1.165) is 6.29 Å². The van der Waals surface area contributed by atoms with Crippen molar-refractivity contribution in [1.29, 1.82) is 0 Å². The Kier molecular flexibility index (Phi) is 3.87. The van der Waals surface area contributed by atoms with Gasteiger partial charge >= 0.3 is 0 Å². The van der Waals surface area contributed by atoms with Gasteiger partial charge in [0.2, 0.25) is 0 Å². The van der Waals surface area contributed by atoms with Crippen molar-refractivity contribution in [3.8, 4) is 5.75 Å². The zero-order valence-electron chi connectivity index (χ0n) is 10.3. The topological polar surface area (TPSA) is 68.3 Å². The van der Waals surface area contributed by atoms with Crippen LogP contribution in [0.4, 0.5) is 5.69 Å². The zero-order valence-corrected chi connectivity index (χ0v) is 10.3. The lowest BCUT2D eigenvalue weighted by molar-refractivity contribution is 0.102. The minimum Gasteiger partial charge on any atom is -0.494 e. The standard InChI is InChI=1S/C14H12N2O3/c1-19-13-8-15-7-6-12(13)14(18)16-11-4-2-10(9-17)3-5-11/h2-9H,1H3,(H,16,18). The van der Waals surface area contributed by atoms with Gasteiger partial charge in [-0.1, -0.05) is 0 Å². The molecule has 5 heteroatoms. The SMILES string of the molecule is COc1cnccc1C(=O)Nc1ccc(C=O)cc1. The van der Waals surface area contributed by atoms with E-state index < -0.39 is 0 Å². The summed E-state index contributed by atoms with van der Waals surface area (Å²) >= 11 is 0. The lowest BCUT2D eigenvalue weighted by atomic mass is 10.2. The van der Waals surface area contributed by atoms with Crippen LogP contribution in [0, 0.1) is 0 Å². The monoisotopic (exact) mass is 256 g/mol. The Morgan fingerprint density at radius 2 is 2.00 bits per heavy atom. The third-order valence-corrected chi connectivity index (χ3v) is 2.55. The second kappa shape index (κ2) is 5.77. The van der Waals surface area contributed by atoms with Gasteiger partial charge in [-0.2, -0.15) is 0 Å². The Hall–Kier alpha value is -2.69. The lowest BCUT2D eigenvalue weighted by Gasteiger charge is -2.08. The highest BCUT2D eigenvalue weighted by atomic mass is 16.5. The molecule has 0 unspecified atom stereocenters. The van der Waals surface area contributed by atoms with Crippen molar-refractivity contribution in [1.82, 2.24) is 4.98 Å². The number of hydrogen-bond donors (Lipinski definition) is 1. The number of rotatable bonds is 4. The van der Waals surface area contributed by atoms with E-state index in [0.29, 0.717) is 22.6 Å². The Bertz CT molecular complexity index is 594. The van der Waals surface area contributed by atoms with Crippen molar-refractivity contribution in [2.45, 2.75) is 0 Å². The van der Waals surface area contributed by atoms with E-state index in [4.69, 9.17) is 4.74 Å². The number of carbonyl (C=O) groups is 2. The Morgan fingerprint density at radius 3 is 2.63 bits per heavy atom. The zero-order chi connectivity index (χ0) is 13.7. The third-order valence-electron chi connectivity index (χ3n) is 2.55. The molecular weight excluding hydrogens is 244 g/mol. The summed E-state index contributed by atoms with van der Waals surface area (Å²) in [5.74, 6) is 0.114. The molecule has 1 aromatic heterocycles. The first-order chi connectivity index (χ1) is 9.24. The molecule has 1 amide bonds. The first-order valence-corrected chi connectivity index (χ1v) is 5.59. The number of ether oxygens (including phenoxy) is 1. The molecule has 0 atom stereocenters. The van der Waals surface area contributed by atoms with Crippen LogP contribution in [0.1, 0.15) is 20.7 Å². The van der Waals surface area contributed by atoms with Gasteiger partial charge in [0.05, 0.1) is 18.9 Å². The normalized spacial score (nSPS) is 9.74. The fourth-order valence-corrected chi connectivity index (χ4v) is 1.57. The quantitative estimate of drug-likeness (QED) is 0.851. The average molecular weight is 256 g/mol. The minimum atomic E-state index is -0.293. The number of nitrogens with zero attached hydrogens (tertiary/aromatic N) is 1. The van der Waals surface area contributed by atoms with Crippen molar-refractivity contribution in [2.75, 3.05) is 12.4 Å². The van der Waals surface area contributed by atoms with Gasteiger partial charge in [0.15, 0.2) is 0 Å². The smallest absolute Gasteiger partial charge is 0.259 e. The van der Waals surface area contributed by atoms with E-state index in [-0.39, 0.29) is 5.91 Å². The molecule has 96 valence electrons. The molecular formula is C14H12N2O3. The maximum Gasteiger partial charge on any atom is 0.259 e. The summed E-state index contributed by atoms with van der Waals surface area (Å²) in [7, 11) is 1.48. The maximum absolute atomic E-state index is 12.1. The van der Waals surface area contributed by atoms with E-state index in [1.807, 2.05) is 0 Å². The molecule has 0 aliphatic carbocycles. The Morgan fingerprint density at radius 1 is 1.26 bits per heavy atom. The molecule has 2 aromatic rings. The van der Waals surface area contributed by atoms with Gasteiger partial charge in [-0.3, -0.25) is 14.6 Å². The second-order valence-electron chi connectivity index (χ2n) is 3.77. The fourth-order valence-electron chi connectivity index (χ4n) is 1.57. The molecule has 0 fully saturated rings. The lowest BCUT2D eigenvalue weighted by Crippen LogP contribution is -2.13. The molecule has 0 saturated carbocycles. The molecule has 1 heterocycles. The summed E-state index contributed by atoms with van der Waals surface area (Å²) in [5, 5.41) is 2.72. The molecule has 19 heavy (non-hydrogen) atoms. The number of aromatic nitrogens is 1. The fraction of sp³-hybridized carbons (Fsp3) is 0.0714. The number of benzene rings is 1. The molecule has 0 aliphatic heterocycles. The van der Waals surface area contributed by atoms with Gasteiger partial charge in [0.1, 0.15) is 12.0 Å². The highest BCUT2D eigenvalue weighted by Gasteiger charge is 2.11. The second-order valence-corrected chi connectivity index (χ2v) is 3.77. The van der Waals surface area contributed by atoms with Gasteiger partial charge < -0.3 is 10.1 Å². The molecule has 0 saturated heterocycles. The van der Waals surface area contributed by atoms with Crippen LogP contribution in [0.5, 0.6) is 5.75 Å². The molecule has 0 radical (unpaired) electrons. The summed E-state index contributed by atoms with van der Waals surface area (Å²) in [4.78, 5) is 26.5. The van der Waals surface area contributed by atoms with Crippen LogP contribution in [0.3, 0.4) is 0 Å². The van der Waals surface area contributed by atoms with Crippen molar-refractivity contribution in [3.05, 3.63) is 53.9 Å². The number of hydrogen-bond acceptors (Lipinski definition) is 4. The predicted octanol–water partition coefficient (Wildman–Crippen LogP) is 2.16. The van der Waals surface area contributed by atoms with Gasteiger partial charge in [0.25, 0.3) is 5.91 Å². The third kappa shape index (κ3) is 2.95. The summed E-state index contributed by atoms with van der Waals surface area (Å²) < 4.78 is 5.07. The number of pyridine rings is 1. The Labute approximate surface area is 110 Å². The predicted molar refractivity (Wildman–Crippen MR) is 70.6 cm³/mol. The molecule has 0 aliphatic rings. The molecule has 2 rings (SSSR count). The van der Waals surface area contributed by atoms with Crippen molar-refractivity contribution >= 4 is 17.9 Å². The highest BCUT2D eigenvalue weighted by molar-refractivity contribution is 6.06. The molecule has 1 N–H and O–H groups in total. The van der Waals surface area contributed by atoms with Crippen LogP contribution in [-0.2, 0) is 0 Å². The van der Waals surface area contributed by atoms with Crippen molar-refractivity contribution in [3.63, 3.8) is 0 Å². The summed E-state index contributed by atoms with van der Waals surface area (Å²) in [6.07, 6.45) is 3.74. The van der Waals surface area contributed by atoms with E-state index in [9.17, 15) is 9.59 Å². The van der Waals surface area contributed by atoms with Crippen molar-refractivity contribution < 1.29 is 14.3 Å². The maximum atomic E-state index is 12.1. The number of carbonyl (C=O) groups excluding carboxylic acids is 2. The number of methoxy groups -OCH3 is 1. The van der Waals surface area contributed by atoms with E-state index in [2.05, 4.69) is 10.3 Å². The van der Waals surface area contributed by atoms with Crippen LogP contribution in [0.2, 0.25) is 0 Å². The summed E-state index contributed by atoms with van der Waals surface area (Å²) in [6, 6.07) is 8.16. The first-order valence-electron chi connectivity index (χ1n) is 5.59. The first kappa shape index (κ1) is 12.8. The average Bonchev–Trinajstić information content (AvgIpc) is 2.48. The van der Waals surface area contributed by atoms with Crippen LogP contribution in [0.15, 0.2) is 42.7 Å². The van der Waals surface area contributed by atoms with Gasteiger partial charge in [0, 0.05) is 17.4 Å². The van der Waals surface area contributed by atoms with Gasteiger partial charge in [-0.05, 0) is 30.3 Å².